The van der Waals surface area contributed by atoms with E-state index in [9.17, 15) is 0 Å². The van der Waals surface area contributed by atoms with E-state index in [1.807, 2.05) is 11.6 Å². The Morgan fingerprint density at radius 1 is 1.08 bits per heavy atom. The van der Waals surface area contributed by atoms with Gasteiger partial charge in [-0.25, -0.2) is 14.5 Å². The first-order valence-corrected chi connectivity index (χ1v) is 13.1. The molecule has 5 aromatic rings. The van der Waals surface area contributed by atoms with E-state index in [1.165, 1.54) is 11.9 Å². The maximum atomic E-state index is 6.81. The summed E-state index contributed by atoms with van der Waals surface area (Å²) in [6.45, 7) is 8.66. The van der Waals surface area contributed by atoms with Crippen LogP contribution in [0.4, 0.5) is 11.8 Å². The first-order chi connectivity index (χ1) is 18.1. The Labute approximate surface area is 229 Å². The number of hydrogen-bond donors (Lipinski definition) is 1. The highest BCUT2D eigenvalue weighted by Crippen LogP contribution is 2.38. The molecule has 0 spiro atoms. The minimum Gasteiger partial charge on any atom is -0.450 e. The monoisotopic (exact) mass is 554 g/mol. The lowest BCUT2D eigenvalue weighted by molar-refractivity contribution is 0.366. The number of halogens is 2. The Balaban J connectivity index is 1.34. The van der Waals surface area contributed by atoms with Crippen LogP contribution in [0.15, 0.2) is 30.9 Å². The molecule has 0 bridgehead atoms. The average molecular weight is 555 g/mol. The molecule has 0 amide bonds. The predicted octanol–water partition coefficient (Wildman–Crippen LogP) is 5.22. The molecule has 0 aliphatic carbocycles. The van der Waals surface area contributed by atoms with Gasteiger partial charge in [-0.05, 0) is 20.0 Å². The van der Waals surface area contributed by atoms with Crippen LogP contribution in [0.3, 0.4) is 0 Å². The SMILES string of the molecule is CN1CC[C@@H](n2nc(Nc3nc4ncc(Oc5cnn6ccnc(Cl)c56)c(Cl)c4n3C)cc2C(C)(C)C)C1. The van der Waals surface area contributed by atoms with Crippen LogP contribution in [0.25, 0.3) is 16.7 Å². The summed E-state index contributed by atoms with van der Waals surface area (Å²) >= 11 is 13.1. The number of aromatic nitrogens is 8. The summed E-state index contributed by atoms with van der Waals surface area (Å²) in [4.78, 5) is 15.6. The second kappa shape index (κ2) is 9.11. The molecule has 0 aromatic carbocycles. The summed E-state index contributed by atoms with van der Waals surface area (Å²) in [6.07, 6.45) is 7.43. The van der Waals surface area contributed by atoms with Gasteiger partial charge in [-0.1, -0.05) is 44.0 Å². The van der Waals surface area contributed by atoms with E-state index in [0.717, 1.165) is 25.3 Å². The van der Waals surface area contributed by atoms with Crippen molar-refractivity contribution in [2.24, 2.45) is 7.05 Å². The number of hydrogen-bond acceptors (Lipinski definition) is 8. The molecule has 0 unspecified atom stereocenters. The molecule has 5 aromatic heterocycles. The van der Waals surface area contributed by atoms with E-state index in [2.05, 4.69) is 68.8 Å². The fourth-order valence-corrected chi connectivity index (χ4v) is 5.42. The number of imidazole rings is 1. The standard InChI is InChI=1S/C25H28Cl2N10O/c1-25(2,3)17-10-18(33-37(17)14-6-8-34(4)13-14)31-24-32-23-21(35(24)5)19(26)15(11-29-23)38-16-12-30-36-9-7-28-22(27)20(16)36/h7,9-12,14H,6,8,13H2,1-5H3,(H,29,31,32,33)/t14-/m1/s1. The van der Waals surface area contributed by atoms with Gasteiger partial charge in [-0.2, -0.15) is 15.2 Å². The molecule has 1 aliphatic heterocycles. The van der Waals surface area contributed by atoms with E-state index >= 15 is 0 Å². The summed E-state index contributed by atoms with van der Waals surface area (Å²) in [6, 6.07) is 2.44. The van der Waals surface area contributed by atoms with Crippen molar-refractivity contribution in [3.05, 3.63) is 46.7 Å². The molecule has 1 fully saturated rings. The molecular weight excluding hydrogens is 527 g/mol. The zero-order valence-electron chi connectivity index (χ0n) is 21.8. The lowest BCUT2D eigenvalue weighted by Crippen LogP contribution is -2.24. The Morgan fingerprint density at radius 3 is 2.63 bits per heavy atom. The van der Waals surface area contributed by atoms with E-state index in [0.29, 0.717) is 45.2 Å². The van der Waals surface area contributed by atoms with Crippen molar-refractivity contribution < 1.29 is 4.74 Å². The van der Waals surface area contributed by atoms with Crippen molar-refractivity contribution in [1.29, 1.82) is 0 Å². The van der Waals surface area contributed by atoms with E-state index in [1.54, 1.807) is 23.1 Å². The number of likely N-dealkylation sites (tertiary alicyclic amines) is 1. The van der Waals surface area contributed by atoms with Crippen molar-refractivity contribution >= 4 is 51.6 Å². The predicted molar refractivity (Wildman–Crippen MR) is 147 cm³/mol. The molecule has 1 N–H and O–H groups in total. The highest BCUT2D eigenvalue weighted by molar-refractivity contribution is 6.36. The zero-order valence-corrected chi connectivity index (χ0v) is 23.3. The lowest BCUT2D eigenvalue weighted by atomic mass is 9.91. The van der Waals surface area contributed by atoms with Crippen LogP contribution < -0.4 is 10.1 Å². The molecule has 6 rings (SSSR count). The van der Waals surface area contributed by atoms with E-state index < -0.39 is 0 Å². The summed E-state index contributed by atoms with van der Waals surface area (Å²) in [7, 11) is 4.02. The molecule has 0 saturated carbocycles. The number of anilines is 2. The Kier molecular flexibility index (Phi) is 5.97. The first kappa shape index (κ1) is 24.9. The highest BCUT2D eigenvalue weighted by Gasteiger charge is 2.29. The number of nitrogens with zero attached hydrogens (tertiary/aromatic N) is 9. The van der Waals surface area contributed by atoms with Crippen LogP contribution in [-0.4, -0.2) is 64.0 Å². The Morgan fingerprint density at radius 2 is 1.89 bits per heavy atom. The number of rotatable bonds is 5. The normalized spacial score (nSPS) is 16.7. The van der Waals surface area contributed by atoms with Crippen LogP contribution in [0.2, 0.25) is 10.2 Å². The molecule has 1 aliphatic rings. The summed E-state index contributed by atoms with van der Waals surface area (Å²) < 4.78 is 11.7. The van der Waals surface area contributed by atoms with Gasteiger partial charge in [0.25, 0.3) is 0 Å². The molecule has 1 saturated heterocycles. The third-order valence-corrected chi connectivity index (χ3v) is 7.48. The minimum atomic E-state index is -0.0614. The van der Waals surface area contributed by atoms with Gasteiger partial charge in [0, 0.05) is 43.2 Å². The van der Waals surface area contributed by atoms with Gasteiger partial charge in [-0.15, -0.1) is 0 Å². The van der Waals surface area contributed by atoms with Crippen LogP contribution in [-0.2, 0) is 12.5 Å². The molecular formula is C25H28Cl2N10O. The Bertz CT molecular complexity index is 1660. The van der Waals surface area contributed by atoms with Gasteiger partial charge in [0.05, 0.1) is 18.4 Å². The maximum absolute atomic E-state index is 6.81. The summed E-state index contributed by atoms with van der Waals surface area (Å²) in [5.74, 6) is 2.07. The molecule has 11 nitrogen and oxygen atoms in total. The molecule has 198 valence electrons. The van der Waals surface area contributed by atoms with Crippen molar-refractivity contribution in [3.8, 4) is 11.5 Å². The van der Waals surface area contributed by atoms with Gasteiger partial charge >= 0.3 is 0 Å². The highest BCUT2D eigenvalue weighted by atomic mass is 35.5. The number of nitrogens with one attached hydrogen (secondary N) is 1. The number of aryl methyl sites for hydroxylation is 1. The van der Waals surface area contributed by atoms with Crippen molar-refractivity contribution in [2.45, 2.75) is 38.6 Å². The molecule has 13 heteroatoms. The minimum absolute atomic E-state index is 0.0614. The number of ether oxygens (including phenoxy) is 1. The number of fused-ring (bicyclic) bond motifs is 2. The largest absolute Gasteiger partial charge is 0.450 e. The van der Waals surface area contributed by atoms with Crippen LogP contribution in [0, 0.1) is 0 Å². The van der Waals surface area contributed by atoms with Crippen LogP contribution in [0.5, 0.6) is 11.5 Å². The van der Waals surface area contributed by atoms with Gasteiger partial charge in [0.1, 0.15) is 16.1 Å². The van der Waals surface area contributed by atoms with Crippen molar-refractivity contribution in [1.82, 2.24) is 43.8 Å². The van der Waals surface area contributed by atoms with Crippen LogP contribution >= 0.6 is 23.2 Å². The van der Waals surface area contributed by atoms with Gasteiger partial charge in [-0.3, -0.25) is 4.68 Å². The van der Waals surface area contributed by atoms with Crippen molar-refractivity contribution in [3.63, 3.8) is 0 Å². The quantitative estimate of drug-likeness (QED) is 0.315. The number of likely N-dealkylation sites (N-methyl/N-ethyl adjacent to an activating group) is 1. The average Bonchev–Trinajstić information content (AvgIpc) is 3.63. The molecule has 1 atom stereocenters. The summed E-state index contributed by atoms with van der Waals surface area (Å²) in [5, 5.41) is 13.2. The van der Waals surface area contributed by atoms with Gasteiger partial charge in [0.2, 0.25) is 5.95 Å². The van der Waals surface area contributed by atoms with Crippen LogP contribution in [0.1, 0.15) is 38.9 Å². The van der Waals surface area contributed by atoms with E-state index in [4.69, 9.17) is 33.0 Å². The van der Waals surface area contributed by atoms with E-state index in [-0.39, 0.29) is 10.6 Å². The van der Waals surface area contributed by atoms with Crippen molar-refractivity contribution in [2.75, 3.05) is 25.5 Å². The van der Waals surface area contributed by atoms with Gasteiger partial charge < -0.3 is 19.5 Å². The second-order valence-corrected chi connectivity index (χ2v) is 11.4. The third-order valence-electron chi connectivity index (χ3n) is 6.83. The fourth-order valence-electron chi connectivity index (χ4n) is 4.89. The Hall–Kier alpha value is -3.41. The zero-order chi connectivity index (χ0) is 26.8. The fraction of sp³-hybridized carbons (Fsp3) is 0.400. The van der Waals surface area contributed by atoms with Gasteiger partial charge in [0.15, 0.2) is 28.1 Å². The first-order valence-electron chi connectivity index (χ1n) is 12.3. The topological polar surface area (TPSA) is 103 Å². The lowest BCUT2D eigenvalue weighted by Gasteiger charge is -2.23. The maximum Gasteiger partial charge on any atom is 0.210 e. The molecule has 6 heterocycles. The third kappa shape index (κ3) is 4.24. The molecule has 38 heavy (non-hydrogen) atoms. The smallest absolute Gasteiger partial charge is 0.210 e. The number of pyridine rings is 1. The molecule has 0 radical (unpaired) electrons. The second-order valence-electron chi connectivity index (χ2n) is 10.7. The summed E-state index contributed by atoms with van der Waals surface area (Å²) in [5.41, 5.74) is 2.76.